The van der Waals surface area contributed by atoms with Crippen LogP contribution in [0.4, 0.5) is 0 Å². The normalized spacial score (nSPS) is 12.2. The van der Waals surface area contributed by atoms with Gasteiger partial charge in [-0.15, -0.1) is 0 Å². The topological polar surface area (TPSA) is 101 Å². The summed E-state index contributed by atoms with van der Waals surface area (Å²) < 4.78 is 5.96. The molecule has 0 radical (unpaired) electrons. The number of nitrogens with two attached hydrogens (primary N) is 1. The summed E-state index contributed by atoms with van der Waals surface area (Å²) in [6, 6.07) is 20.8. The van der Waals surface area contributed by atoms with Crippen molar-refractivity contribution in [3.63, 3.8) is 0 Å². The summed E-state index contributed by atoms with van der Waals surface area (Å²) in [6.45, 7) is 0.269. The molecular weight excluding hydrogens is 414 g/mol. The van der Waals surface area contributed by atoms with Gasteiger partial charge in [-0.2, -0.15) is 0 Å². The third-order valence-corrected chi connectivity index (χ3v) is 5.75. The summed E-state index contributed by atoms with van der Waals surface area (Å²) in [5.41, 5.74) is 10.4. The second-order valence-corrected chi connectivity index (χ2v) is 8.12. The number of aromatic carboxylic acids is 1. The van der Waals surface area contributed by atoms with Gasteiger partial charge in [-0.3, -0.25) is 4.98 Å². The Kier molecular flexibility index (Phi) is 5.50. The van der Waals surface area contributed by atoms with E-state index in [1.807, 2.05) is 54.7 Å². The molecule has 0 aliphatic rings. The van der Waals surface area contributed by atoms with E-state index in [1.54, 1.807) is 18.5 Å². The lowest BCUT2D eigenvalue weighted by Crippen LogP contribution is -2.30. The highest BCUT2D eigenvalue weighted by molar-refractivity contribution is 5.92. The zero-order chi connectivity index (χ0) is 22.8. The first-order chi connectivity index (χ1) is 16.1. The third kappa shape index (κ3) is 4.42. The molecule has 2 heterocycles. The van der Waals surface area contributed by atoms with Crippen molar-refractivity contribution in [3.8, 4) is 16.9 Å². The highest BCUT2D eigenvalue weighted by Crippen LogP contribution is 2.29. The summed E-state index contributed by atoms with van der Waals surface area (Å²) in [4.78, 5) is 19.1. The fourth-order valence-corrected chi connectivity index (χ4v) is 4.08. The molecule has 1 atom stereocenters. The number of H-pyrrole nitrogens is 1. The molecule has 6 nitrogen and oxygen atoms in total. The first-order valence-corrected chi connectivity index (χ1v) is 10.7. The molecule has 0 fully saturated rings. The number of rotatable bonds is 7. The molecule has 5 aromatic rings. The largest absolute Gasteiger partial charge is 0.492 e. The van der Waals surface area contributed by atoms with E-state index in [0.717, 1.165) is 38.4 Å². The van der Waals surface area contributed by atoms with Crippen LogP contribution in [0.2, 0.25) is 0 Å². The number of benzene rings is 3. The Labute approximate surface area is 190 Å². The van der Waals surface area contributed by atoms with Crippen LogP contribution in [0, 0.1) is 0 Å². The molecule has 0 spiro atoms. The van der Waals surface area contributed by atoms with E-state index in [4.69, 9.17) is 10.5 Å². The molecule has 0 unspecified atom stereocenters. The minimum absolute atomic E-state index is 0.169. The van der Waals surface area contributed by atoms with Gasteiger partial charge in [0.2, 0.25) is 0 Å². The van der Waals surface area contributed by atoms with Crippen molar-refractivity contribution in [1.29, 1.82) is 0 Å². The summed E-state index contributed by atoms with van der Waals surface area (Å²) in [5.74, 6) is -0.524. The van der Waals surface area contributed by atoms with Crippen molar-refractivity contribution in [3.05, 3.63) is 96.4 Å². The van der Waals surface area contributed by atoms with Crippen LogP contribution in [-0.4, -0.2) is 33.7 Å². The average molecular weight is 437 g/mol. The van der Waals surface area contributed by atoms with Crippen LogP contribution in [0.25, 0.3) is 32.8 Å². The van der Waals surface area contributed by atoms with Gasteiger partial charge in [-0.1, -0.05) is 30.3 Å². The summed E-state index contributed by atoms with van der Waals surface area (Å²) in [6.07, 6.45) is 6.16. The van der Waals surface area contributed by atoms with E-state index < -0.39 is 5.97 Å². The molecule has 0 amide bonds. The number of carboxylic acids is 1. The number of hydrogen-bond acceptors (Lipinski definition) is 4. The molecule has 5 rings (SSSR count). The van der Waals surface area contributed by atoms with Crippen molar-refractivity contribution < 1.29 is 14.6 Å². The summed E-state index contributed by atoms with van der Waals surface area (Å²) >= 11 is 0. The van der Waals surface area contributed by atoms with Crippen LogP contribution in [0.15, 0.2) is 85.3 Å². The van der Waals surface area contributed by atoms with Gasteiger partial charge in [0.1, 0.15) is 12.4 Å². The van der Waals surface area contributed by atoms with E-state index in [0.29, 0.717) is 12.2 Å². The summed E-state index contributed by atoms with van der Waals surface area (Å²) in [7, 11) is 0. The van der Waals surface area contributed by atoms with Crippen LogP contribution in [0.1, 0.15) is 15.9 Å². The molecule has 3 aromatic carbocycles. The van der Waals surface area contributed by atoms with E-state index >= 15 is 0 Å². The number of ether oxygens (including phenoxy) is 1. The van der Waals surface area contributed by atoms with Gasteiger partial charge < -0.3 is 20.6 Å². The Morgan fingerprint density at radius 1 is 1.03 bits per heavy atom. The average Bonchev–Trinajstić information content (AvgIpc) is 3.25. The van der Waals surface area contributed by atoms with Crippen molar-refractivity contribution in [2.75, 3.05) is 6.61 Å². The number of carboxylic acid groups (broad SMARTS) is 1. The maximum Gasteiger partial charge on any atom is 0.335 e. The fraction of sp³-hybridized carbons (Fsp3) is 0.111. The predicted octanol–water partition coefficient (Wildman–Crippen LogP) is 5.03. The Bertz CT molecular complexity index is 1460. The molecule has 4 N–H and O–H groups in total. The lowest BCUT2D eigenvalue weighted by Gasteiger charge is -2.15. The minimum Gasteiger partial charge on any atom is -0.492 e. The molecular formula is C27H23N3O3. The lowest BCUT2D eigenvalue weighted by atomic mass is 10.00. The number of aromatic nitrogens is 2. The number of aromatic amines is 1. The van der Waals surface area contributed by atoms with Gasteiger partial charge in [0, 0.05) is 40.9 Å². The van der Waals surface area contributed by atoms with E-state index in [2.05, 4.69) is 16.0 Å². The molecule has 0 aliphatic heterocycles. The molecule has 0 saturated carbocycles. The van der Waals surface area contributed by atoms with Crippen molar-refractivity contribution in [1.82, 2.24) is 9.97 Å². The van der Waals surface area contributed by atoms with Gasteiger partial charge >= 0.3 is 5.97 Å². The molecule has 0 aliphatic carbocycles. The minimum atomic E-state index is -1.00. The fourth-order valence-electron chi connectivity index (χ4n) is 4.08. The highest BCUT2D eigenvalue weighted by atomic mass is 16.5. The maximum absolute atomic E-state index is 11.7. The second kappa shape index (κ2) is 8.76. The zero-order valence-electron chi connectivity index (χ0n) is 17.9. The molecule has 0 saturated heterocycles. The number of pyridine rings is 1. The van der Waals surface area contributed by atoms with Crippen molar-refractivity contribution in [2.45, 2.75) is 12.5 Å². The lowest BCUT2D eigenvalue weighted by molar-refractivity contribution is 0.0696. The van der Waals surface area contributed by atoms with Crippen LogP contribution in [0.5, 0.6) is 5.75 Å². The van der Waals surface area contributed by atoms with Gasteiger partial charge in [0.15, 0.2) is 0 Å². The number of para-hydroxylation sites is 1. The van der Waals surface area contributed by atoms with E-state index in [9.17, 15) is 9.90 Å². The predicted molar refractivity (Wildman–Crippen MR) is 130 cm³/mol. The first kappa shape index (κ1) is 20.7. The second-order valence-electron chi connectivity index (χ2n) is 8.12. The van der Waals surface area contributed by atoms with Crippen molar-refractivity contribution >= 4 is 27.6 Å². The molecule has 33 heavy (non-hydrogen) atoms. The van der Waals surface area contributed by atoms with Crippen LogP contribution in [0.3, 0.4) is 0 Å². The first-order valence-electron chi connectivity index (χ1n) is 10.7. The van der Waals surface area contributed by atoms with Gasteiger partial charge in [-0.25, -0.2) is 4.79 Å². The van der Waals surface area contributed by atoms with Gasteiger partial charge in [0.05, 0.1) is 5.56 Å². The zero-order valence-corrected chi connectivity index (χ0v) is 17.9. The Balaban J connectivity index is 1.37. The Morgan fingerprint density at radius 2 is 1.91 bits per heavy atom. The molecule has 0 bridgehead atoms. The van der Waals surface area contributed by atoms with Crippen LogP contribution < -0.4 is 10.5 Å². The summed E-state index contributed by atoms with van der Waals surface area (Å²) in [5, 5.41) is 12.8. The standard InChI is InChI=1S/C27H23N3O3/c28-23(11-22-15-30-26-4-2-1-3-25(22)26)16-33-24-12-20(10-21(13-24)27(31)32)17-5-6-19-14-29-8-7-18(19)9-17/h1-10,12-15,23,30H,11,16,28H2,(H,31,32)/t23-/m1/s1. The number of hydrogen-bond donors (Lipinski definition) is 3. The van der Waals surface area contributed by atoms with Gasteiger partial charge in [0.25, 0.3) is 0 Å². The quantitative estimate of drug-likeness (QED) is 0.331. The van der Waals surface area contributed by atoms with E-state index in [-0.39, 0.29) is 18.2 Å². The van der Waals surface area contributed by atoms with Crippen LogP contribution >= 0.6 is 0 Å². The number of carbonyl (C=O) groups is 1. The van der Waals surface area contributed by atoms with E-state index in [1.165, 1.54) is 6.07 Å². The SMILES string of the molecule is N[C@@H](COc1cc(C(=O)O)cc(-c2ccc3cnccc3c2)c1)Cc1c[nH]c2ccccc12. The highest BCUT2D eigenvalue weighted by Gasteiger charge is 2.13. The molecule has 164 valence electrons. The number of nitrogens with one attached hydrogen (secondary N) is 1. The Hall–Kier alpha value is -4.16. The smallest absolute Gasteiger partial charge is 0.335 e. The Morgan fingerprint density at radius 3 is 2.79 bits per heavy atom. The monoisotopic (exact) mass is 437 g/mol. The third-order valence-electron chi connectivity index (χ3n) is 5.75. The number of fused-ring (bicyclic) bond motifs is 2. The maximum atomic E-state index is 11.7. The number of nitrogens with zero attached hydrogens (tertiary/aromatic N) is 1. The van der Waals surface area contributed by atoms with Crippen LogP contribution in [-0.2, 0) is 6.42 Å². The molecule has 2 aromatic heterocycles. The van der Waals surface area contributed by atoms with Crippen molar-refractivity contribution in [2.24, 2.45) is 5.73 Å². The molecule has 6 heteroatoms. The van der Waals surface area contributed by atoms with Gasteiger partial charge in [-0.05, 0) is 64.9 Å².